The Bertz CT molecular complexity index is 568. The van der Waals surface area contributed by atoms with E-state index in [-0.39, 0.29) is 11.9 Å². The number of rotatable bonds is 6. The van der Waals surface area contributed by atoms with Gasteiger partial charge in [-0.2, -0.15) is 5.10 Å². The van der Waals surface area contributed by atoms with Crippen LogP contribution in [0.3, 0.4) is 0 Å². The molecule has 1 N–H and O–H groups in total. The van der Waals surface area contributed by atoms with Crippen molar-refractivity contribution in [3.05, 3.63) is 52.6 Å². The first kappa shape index (κ1) is 15.0. The molecule has 1 aromatic carbocycles. The molecule has 0 spiro atoms. The molecule has 1 atom stereocenters. The summed E-state index contributed by atoms with van der Waals surface area (Å²) in [6.07, 6.45) is 5.68. The van der Waals surface area contributed by atoms with Gasteiger partial charge in [0.1, 0.15) is 5.82 Å². The molecule has 0 saturated carbocycles. The van der Waals surface area contributed by atoms with E-state index in [1.165, 1.54) is 17.7 Å². The molecule has 0 aliphatic carbocycles. The van der Waals surface area contributed by atoms with Gasteiger partial charge in [0, 0.05) is 24.3 Å². The highest BCUT2D eigenvalue weighted by Crippen LogP contribution is 2.27. The molecule has 1 heterocycles. The van der Waals surface area contributed by atoms with Crippen LogP contribution in [-0.2, 0) is 13.5 Å². The molecule has 1 unspecified atom stereocenters. The fourth-order valence-corrected chi connectivity index (χ4v) is 2.61. The fraction of sp³-hybridized carbons (Fsp3) is 0.400. The van der Waals surface area contributed by atoms with Crippen LogP contribution in [0.25, 0.3) is 0 Å². The van der Waals surface area contributed by atoms with Crippen LogP contribution in [0.5, 0.6) is 0 Å². The van der Waals surface area contributed by atoms with Crippen molar-refractivity contribution in [2.24, 2.45) is 7.05 Å². The zero-order chi connectivity index (χ0) is 14.5. The van der Waals surface area contributed by atoms with Gasteiger partial charge in [0.25, 0.3) is 0 Å². The Morgan fingerprint density at radius 1 is 1.45 bits per heavy atom. The van der Waals surface area contributed by atoms with E-state index in [4.69, 9.17) is 11.6 Å². The lowest BCUT2D eigenvalue weighted by atomic mass is 10.00. The van der Waals surface area contributed by atoms with Crippen LogP contribution in [0.4, 0.5) is 4.39 Å². The first-order chi connectivity index (χ1) is 9.60. The maximum Gasteiger partial charge on any atom is 0.124 e. The summed E-state index contributed by atoms with van der Waals surface area (Å²) < 4.78 is 14.9. The van der Waals surface area contributed by atoms with Crippen LogP contribution in [0.15, 0.2) is 30.6 Å². The maximum absolute atomic E-state index is 13.1. The van der Waals surface area contributed by atoms with E-state index < -0.39 is 0 Å². The van der Waals surface area contributed by atoms with Gasteiger partial charge in [-0.15, -0.1) is 0 Å². The van der Waals surface area contributed by atoms with Crippen molar-refractivity contribution in [3.63, 3.8) is 0 Å². The van der Waals surface area contributed by atoms with Crippen molar-refractivity contribution in [2.45, 2.75) is 25.8 Å². The molecule has 0 radical (unpaired) electrons. The molecule has 1 aromatic heterocycles. The summed E-state index contributed by atoms with van der Waals surface area (Å²) in [5.74, 6) is -0.304. The molecule has 0 bridgehead atoms. The van der Waals surface area contributed by atoms with E-state index in [0.717, 1.165) is 24.9 Å². The lowest BCUT2D eigenvalue weighted by molar-refractivity contribution is 0.514. The van der Waals surface area contributed by atoms with Gasteiger partial charge in [-0.1, -0.05) is 24.6 Å². The third-order valence-corrected chi connectivity index (χ3v) is 3.60. The molecule has 0 amide bonds. The molecule has 0 aliphatic heterocycles. The number of aryl methyl sites for hydroxylation is 2. The summed E-state index contributed by atoms with van der Waals surface area (Å²) in [6, 6.07) is 4.70. The van der Waals surface area contributed by atoms with Crippen molar-refractivity contribution < 1.29 is 4.39 Å². The molecular weight excluding hydrogens is 277 g/mol. The molecule has 0 saturated heterocycles. The summed E-state index contributed by atoms with van der Waals surface area (Å²) in [7, 11) is 1.90. The lowest BCUT2D eigenvalue weighted by Crippen LogP contribution is -2.21. The van der Waals surface area contributed by atoms with Crippen molar-refractivity contribution in [3.8, 4) is 0 Å². The molecule has 3 nitrogen and oxygen atoms in total. The molecule has 2 rings (SSSR count). The van der Waals surface area contributed by atoms with Crippen molar-refractivity contribution in [2.75, 3.05) is 6.54 Å². The van der Waals surface area contributed by atoms with Gasteiger partial charge in [-0.25, -0.2) is 4.39 Å². The van der Waals surface area contributed by atoms with Crippen LogP contribution >= 0.6 is 11.6 Å². The van der Waals surface area contributed by atoms with E-state index in [1.54, 1.807) is 10.7 Å². The first-order valence-corrected chi connectivity index (χ1v) is 7.13. The van der Waals surface area contributed by atoms with Gasteiger partial charge in [-0.05, 0) is 42.6 Å². The number of hydrogen-bond acceptors (Lipinski definition) is 2. The highest BCUT2D eigenvalue weighted by atomic mass is 35.5. The summed E-state index contributed by atoms with van der Waals surface area (Å²) in [5, 5.41) is 8.04. The number of aromatic nitrogens is 2. The number of nitrogens with one attached hydrogen (secondary N) is 1. The second kappa shape index (κ2) is 6.86. The maximum atomic E-state index is 13.1. The Balaban J connectivity index is 2.09. The van der Waals surface area contributed by atoms with E-state index in [2.05, 4.69) is 17.3 Å². The monoisotopic (exact) mass is 295 g/mol. The Morgan fingerprint density at radius 2 is 2.25 bits per heavy atom. The minimum absolute atomic E-state index is 0.119. The van der Waals surface area contributed by atoms with Crippen molar-refractivity contribution in [1.29, 1.82) is 0 Å². The van der Waals surface area contributed by atoms with Gasteiger partial charge in [-0.3, -0.25) is 4.68 Å². The Morgan fingerprint density at radius 3 is 2.85 bits per heavy atom. The zero-order valence-electron chi connectivity index (χ0n) is 11.7. The highest BCUT2D eigenvalue weighted by molar-refractivity contribution is 6.31. The average molecular weight is 296 g/mol. The van der Waals surface area contributed by atoms with Gasteiger partial charge >= 0.3 is 0 Å². The number of hydrogen-bond donors (Lipinski definition) is 1. The number of benzene rings is 1. The minimum atomic E-state index is -0.304. The summed E-state index contributed by atoms with van der Waals surface area (Å²) in [4.78, 5) is 0. The second-order valence-electron chi connectivity index (χ2n) is 4.84. The predicted molar refractivity (Wildman–Crippen MR) is 79.4 cm³/mol. The number of halogens is 2. The van der Waals surface area contributed by atoms with E-state index in [9.17, 15) is 4.39 Å². The predicted octanol–water partition coefficient (Wildman–Crippen LogP) is 3.50. The molecular formula is C15H19ClFN3. The topological polar surface area (TPSA) is 29.9 Å². The molecule has 20 heavy (non-hydrogen) atoms. The van der Waals surface area contributed by atoms with Crippen molar-refractivity contribution in [1.82, 2.24) is 15.1 Å². The van der Waals surface area contributed by atoms with E-state index >= 15 is 0 Å². The third kappa shape index (κ3) is 3.81. The highest BCUT2D eigenvalue weighted by Gasteiger charge is 2.14. The quantitative estimate of drug-likeness (QED) is 0.884. The van der Waals surface area contributed by atoms with Crippen LogP contribution < -0.4 is 5.32 Å². The number of nitrogens with zero attached hydrogens (tertiary/aromatic N) is 2. The SMILES string of the molecule is CCNC(CCc1cnn(C)c1)c1ccc(F)cc1Cl. The molecule has 0 aliphatic rings. The Labute approximate surface area is 123 Å². The van der Waals surface area contributed by atoms with Crippen LogP contribution in [0.1, 0.15) is 30.5 Å². The van der Waals surface area contributed by atoms with Gasteiger partial charge in [0.2, 0.25) is 0 Å². The smallest absolute Gasteiger partial charge is 0.124 e. The molecule has 108 valence electrons. The van der Waals surface area contributed by atoms with Crippen LogP contribution in [0.2, 0.25) is 5.02 Å². The normalized spacial score (nSPS) is 12.6. The molecule has 2 aromatic rings. The van der Waals surface area contributed by atoms with E-state index in [1.807, 2.05) is 19.4 Å². The third-order valence-electron chi connectivity index (χ3n) is 3.27. The van der Waals surface area contributed by atoms with Gasteiger partial charge in [0.05, 0.1) is 6.20 Å². The standard InChI is InChI=1S/C15H19ClFN3/c1-3-18-15(7-4-11-9-19-20(2)10-11)13-6-5-12(17)8-14(13)16/h5-6,8-10,15,18H,3-4,7H2,1-2H3. The summed E-state index contributed by atoms with van der Waals surface area (Å²) in [6.45, 7) is 2.89. The summed E-state index contributed by atoms with van der Waals surface area (Å²) >= 11 is 6.15. The molecule has 5 heteroatoms. The van der Waals surface area contributed by atoms with Crippen LogP contribution in [0, 0.1) is 5.82 Å². The van der Waals surface area contributed by atoms with Gasteiger partial charge < -0.3 is 5.32 Å². The zero-order valence-corrected chi connectivity index (χ0v) is 12.5. The molecule has 0 fully saturated rings. The fourth-order valence-electron chi connectivity index (χ4n) is 2.31. The first-order valence-electron chi connectivity index (χ1n) is 6.76. The second-order valence-corrected chi connectivity index (χ2v) is 5.24. The minimum Gasteiger partial charge on any atom is -0.310 e. The van der Waals surface area contributed by atoms with Gasteiger partial charge in [0.15, 0.2) is 0 Å². The largest absolute Gasteiger partial charge is 0.310 e. The van der Waals surface area contributed by atoms with Crippen LogP contribution in [-0.4, -0.2) is 16.3 Å². The Kier molecular flexibility index (Phi) is 5.15. The Hall–Kier alpha value is -1.39. The van der Waals surface area contributed by atoms with Crippen molar-refractivity contribution >= 4 is 11.6 Å². The lowest BCUT2D eigenvalue weighted by Gasteiger charge is -2.19. The summed E-state index contributed by atoms with van der Waals surface area (Å²) in [5.41, 5.74) is 2.13. The van der Waals surface area contributed by atoms with E-state index in [0.29, 0.717) is 5.02 Å². The average Bonchev–Trinajstić information content (AvgIpc) is 2.81.